The molecule has 1 aromatic carbocycles. The van der Waals surface area contributed by atoms with Gasteiger partial charge < -0.3 is 9.64 Å². The molecule has 0 atom stereocenters. The monoisotopic (exact) mass is 315 g/mol. The third-order valence-electron chi connectivity index (χ3n) is 3.84. The van der Waals surface area contributed by atoms with Crippen LogP contribution in [0.4, 0.5) is 0 Å². The number of carbonyl (C=O) groups excluding carboxylic acids is 1. The SMILES string of the molecule is CCc1ccc(OCCN(C)C(=O)CCc2cnn(C)c2)cc1. The number of amides is 1. The average Bonchev–Trinajstić information content (AvgIpc) is 2.98. The van der Waals surface area contributed by atoms with E-state index in [2.05, 4.69) is 24.2 Å². The van der Waals surface area contributed by atoms with Crippen molar-refractivity contribution in [2.45, 2.75) is 26.2 Å². The van der Waals surface area contributed by atoms with Crippen molar-refractivity contribution in [1.82, 2.24) is 14.7 Å². The van der Waals surface area contributed by atoms with E-state index >= 15 is 0 Å². The fourth-order valence-electron chi connectivity index (χ4n) is 2.29. The third-order valence-corrected chi connectivity index (χ3v) is 3.84. The maximum absolute atomic E-state index is 12.1. The number of benzene rings is 1. The lowest BCUT2D eigenvalue weighted by Crippen LogP contribution is -2.31. The highest BCUT2D eigenvalue weighted by molar-refractivity contribution is 5.76. The van der Waals surface area contributed by atoms with Crippen LogP contribution in [0.2, 0.25) is 0 Å². The molecule has 0 aliphatic heterocycles. The van der Waals surface area contributed by atoms with Gasteiger partial charge in [0.2, 0.25) is 5.91 Å². The summed E-state index contributed by atoms with van der Waals surface area (Å²) in [6.45, 7) is 3.21. The Kier molecular flexibility index (Phi) is 6.20. The number of aromatic nitrogens is 2. The van der Waals surface area contributed by atoms with Crippen molar-refractivity contribution in [3.05, 3.63) is 47.8 Å². The van der Waals surface area contributed by atoms with Crippen LogP contribution in [-0.4, -0.2) is 40.8 Å². The number of likely N-dealkylation sites (N-methyl/N-ethyl adjacent to an activating group) is 1. The summed E-state index contributed by atoms with van der Waals surface area (Å²) in [5, 5.41) is 4.11. The van der Waals surface area contributed by atoms with Gasteiger partial charge in [0.05, 0.1) is 12.7 Å². The lowest BCUT2D eigenvalue weighted by Gasteiger charge is -2.17. The van der Waals surface area contributed by atoms with Crippen molar-refractivity contribution < 1.29 is 9.53 Å². The molecule has 0 saturated carbocycles. The lowest BCUT2D eigenvalue weighted by molar-refractivity contribution is -0.130. The van der Waals surface area contributed by atoms with Gasteiger partial charge in [0.1, 0.15) is 12.4 Å². The lowest BCUT2D eigenvalue weighted by atomic mass is 10.2. The van der Waals surface area contributed by atoms with Crippen LogP contribution in [0.5, 0.6) is 5.75 Å². The highest BCUT2D eigenvalue weighted by Gasteiger charge is 2.09. The van der Waals surface area contributed by atoms with Gasteiger partial charge in [-0.3, -0.25) is 9.48 Å². The molecule has 0 fully saturated rings. The summed E-state index contributed by atoms with van der Waals surface area (Å²) in [6, 6.07) is 8.09. The zero-order valence-corrected chi connectivity index (χ0v) is 14.2. The number of rotatable bonds is 8. The van der Waals surface area contributed by atoms with Crippen LogP contribution in [-0.2, 0) is 24.7 Å². The highest BCUT2D eigenvalue weighted by atomic mass is 16.5. The summed E-state index contributed by atoms with van der Waals surface area (Å²) in [6.07, 6.45) is 5.98. The molecule has 2 aromatic rings. The summed E-state index contributed by atoms with van der Waals surface area (Å²) in [7, 11) is 3.69. The molecule has 0 N–H and O–H groups in total. The summed E-state index contributed by atoms with van der Waals surface area (Å²) in [5.41, 5.74) is 2.38. The number of carbonyl (C=O) groups is 1. The van der Waals surface area contributed by atoms with E-state index in [0.717, 1.165) is 24.2 Å². The summed E-state index contributed by atoms with van der Waals surface area (Å²) < 4.78 is 7.44. The van der Waals surface area contributed by atoms with Crippen LogP contribution >= 0.6 is 0 Å². The molecule has 1 heterocycles. The first-order valence-electron chi connectivity index (χ1n) is 8.01. The van der Waals surface area contributed by atoms with E-state index in [-0.39, 0.29) is 5.91 Å². The van der Waals surface area contributed by atoms with Gasteiger partial charge >= 0.3 is 0 Å². The zero-order valence-electron chi connectivity index (χ0n) is 14.2. The molecule has 23 heavy (non-hydrogen) atoms. The summed E-state index contributed by atoms with van der Waals surface area (Å²) in [5.74, 6) is 0.970. The minimum atomic E-state index is 0.124. The van der Waals surface area contributed by atoms with Crippen molar-refractivity contribution in [3.63, 3.8) is 0 Å². The molecule has 124 valence electrons. The first kappa shape index (κ1) is 17.1. The number of hydrogen-bond acceptors (Lipinski definition) is 3. The van der Waals surface area contributed by atoms with Gasteiger partial charge in [0.25, 0.3) is 0 Å². The molecule has 0 saturated heterocycles. The Bertz CT molecular complexity index is 619. The van der Waals surface area contributed by atoms with Gasteiger partial charge in [-0.2, -0.15) is 5.10 Å². The second-order valence-electron chi connectivity index (χ2n) is 5.68. The van der Waals surface area contributed by atoms with Gasteiger partial charge in [-0.15, -0.1) is 0 Å². The van der Waals surface area contributed by atoms with Crippen molar-refractivity contribution in [2.75, 3.05) is 20.2 Å². The van der Waals surface area contributed by atoms with Crippen LogP contribution < -0.4 is 4.74 Å². The van der Waals surface area contributed by atoms with E-state index < -0.39 is 0 Å². The predicted molar refractivity (Wildman–Crippen MR) is 90.5 cm³/mol. The van der Waals surface area contributed by atoms with Gasteiger partial charge in [-0.1, -0.05) is 19.1 Å². The molecule has 5 nitrogen and oxygen atoms in total. The molecular weight excluding hydrogens is 290 g/mol. The Morgan fingerprint density at radius 1 is 1.26 bits per heavy atom. The number of aryl methyl sites for hydroxylation is 3. The van der Waals surface area contributed by atoms with Gasteiger partial charge in [0.15, 0.2) is 0 Å². The minimum Gasteiger partial charge on any atom is -0.492 e. The second kappa shape index (κ2) is 8.36. The molecule has 1 amide bonds. The number of hydrogen-bond donors (Lipinski definition) is 0. The Hall–Kier alpha value is -2.30. The van der Waals surface area contributed by atoms with Crippen molar-refractivity contribution >= 4 is 5.91 Å². The Morgan fingerprint density at radius 2 is 2.00 bits per heavy atom. The molecule has 0 aliphatic carbocycles. The minimum absolute atomic E-state index is 0.124. The number of ether oxygens (including phenoxy) is 1. The second-order valence-corrected chi connectivity index (χ2v) is 5.68. The first-order valence-corrected chi connectivity index (χ1v) is 8.01. The van der Waals surface area contributed by atoms with E-state index in [4.69, 9.17) is 4.74 Å². The molecule has 5 heteroatoms. The Labute approximate surface area is 137 Å². The number of nitrogens with zero attached hydrogens (tertiary/aromatic N) is 3. The highest BCUT2D eigenvalue weighted by Crippen LogP contribution is 2.12. The quantitative estimate of drug-likeness (QED) is 0.752. The third kappa shape index (κ3) is 5.43. The molecule has 0 unspecified atom stereocenters. The first-order chi connectivity index (χ1) is 11.1. The smallest absolute Gasteiger partial charge is 0.222 e. The maximum atomic E-state index is 12.1. The fourth-order valence-corrected chi connectivity index (χ4v) is 2.29. The average molecular weight is 315 g/mol. The molecule has 0 bridgehead atoms. The normalized spacial score (nSPS) is 10.6. The van der Waals surface area contributed by atoms with E-state index in [1.165, 1.54) is 5.56 Å². The van der Waals surface area contributed by atoms with Crippen molar-refractivity contribution in [3.8, 4) is 5.75 Å². The maximum Gasteiger partial charge on any atom is 0.222 e. The topological polar surface area (TPSA) is 47.4 Å². The molecule has 0 radical (unpaired) electrons. The van der Waals surface area contributed by atoms with E-state index in [1.807, 2.05) is 32.4 Å². The van der Waals surface area contributed by atoms with Crippen LogP contribution in [0.3, 0.4) is 0 Å². The Morgan fingerprint density at radius 3 is 2.61 bits per heavy atom. The van der Waals surface area contributed by atoms with Gasteiger partial charge in [-0.25, -0.2) is 0 Å². The predicted octanol–water partition coefficient (Wildman–Crippen LogP) is 2.45. The standard InChI is InChI=1S/C18H25N3O2/c1-4-15-5-8-17(9-6-15)23-12-11-20(2)18(22)10-7-16-13-19-21(3)14-16/h5-6,8-9,13-14H,4,7,10-12H2,1-3H3. The van der Waals surface area contributed by atoms with Crippen molar-refractivity contribution in [2.24, 2.45) is 7.05 Å². The van der Waals surface area contributed by atoms with E-state index in [1.54, 1.807) is 15.8 Å². The Balaban J connectivity index is 1.68. The fraction of sp³-hybridized carbons (Fsp3) is 0.444. The molecule has 0 spiro atoms. The summed E-state index contributed by atoms with van der Waals surface area (Å²) >= 11 is 0. The van der Waals surface area contributed by atoms with Gasteiger partial charge in [0, 0.05) is 26.7 Å². The molecule has 1 aromatic heterocycles. The van der Waals surface area contributed by atoms with Crippen LogP contribution in [0.25, 0.3) is 0 Å². The largest absolute Gasteiger partial charge is 0.492 e. The van der Waals surface area contributed by atoms with Crippen LogP contribution in [0.15, 0.2) is 36.7 Å². The van der Waals surface area contributed by atoms with Gasteiger partial charge in [-0.05, 0) is 36.1 Å². The molecular formula is C18H25N3O2. The van der Waals surface area contributed by atoms with Crippen LogP contribution in [0.1, 0.15) is 24.5 Å². The summed E-state index contributed by atoms with van der Waals surface area (Å²) in [4.78, 5) is 13.8. The van der Waals surface area contributed by atoms with Crippen molar-refractivity contribution in [1.29, 1.82) is 0 Å². The zero-order chi connectivity index (χ0) is 16.7. The molecule has 2 rings (SSSR count). The van der Waals surface area contributed by atoms with Crippen LogP contribution in [0, 0.1) is 0 Å². The van der Waals surface area contributed by atoms with E-state index in [0.29, 0.717) is 19.6 Å². The molecule has 0 aliphatic rings. The van der Waals surface area contributed by atoms with E-state index in [9.17, 15) is 4.79 Å².